The molecule has 0 aliphatic heterocycles. The van der Waals surface area contributed by atoms with Crippen LogP contribution in [0.5, 0.6) is 0 Å². The molecule has 9 heteroatoms. The van der Waals surface area contributed by atoms with Crippen molar-refractivity contribution in [1.82, 2.24) is 14.8 Å². The van der Waals surface area contributed by atoms with Gasteiger partial charge in [-0.25, -0.2) is 18.9 Å². The summed E-state index contributed by atoms with van der Waals surface area (Å²) in [4.78, 5) is 14.9. The largest absolute Gasteiger partial charge is 0.478 e. The van der Waals surface area contributed by atoms with Crippen LogP contribution in [0.3, 0.4) is 0 Å². The van der Waals surface area contributed by atoms with Gasteiger partial charge in [0.05, 0.1) is 17.3 Å². The number of hydrogen-bond donors (Lipinski definition) is 1. The van der Waals surface area contributed by atoms with Gasteiger partial charge in [-0.2, -0.15) is 18.3 Å². The van der Waals surface area contributed by atoms with E-state index in [1.165, 1.54) is 23.1 Å². The lowest BCUT2D eigenvalue weighted by molar-refractivity contribution is -0.137. The van der Waals surface area contributed by atoms with Crippen molar-refractivity contribution in [1.29, 1.82) is 0 Å². The Morgan fingerprint density at radius 2 is 1.92 bits per heavy atom. The van der Waals surface area contributed by atoms with Crippen molar-refractivity contribution in [3.05, 3.63) is 77.0 Å². The summed E-state index contributed by atoms with van der Waals surface area (Å²) in [6.07, 6.45) is -0.764. The number of aromatic nitrogens is 3. The second-order valence-electron chi connectivity index (χ2n) is 5.52. The van der Waals surface area contributed by atoms with Crippen LogP contribution in [0.15, 0.2) is 48.9 Å². The van der Waals surface area contributed by atoms with Crippen LogP contribution in [-0.4, -0.2) is 25.8 Å². The third kappa shape index (κ3) is 3.88. The Labute approximate surface area is 144 Å². The average molecular weight is 365 g/mol. The van der Waals surface area contributed by atoms with E-state index < -0.39 is 23.5 Å². The molecule has 0 unspecified atom stereocenters. The van der Waals surface area contributed by atoms with E-state index in [4.69, 9.17) is 5.11 Å². The first-order valence-electron chi connectivity index (χ1n) is 7.32. The number of rotatable bonds is 4. The van der Waals surface area contributed by atoms with Crippen molar-refractivity contribution >= 4 is 5.97 Å². The zero-order chi connectivity index (χ0) is 18.9. The maximum Gasteiger partial charge on any atom is 0.416 e. The van der Waals surface area contributed by atoms with Gasteiger partial charge in [0.1, 0.15) is 5.82 Å². The predicted octanol–water partition coefficient (Wildman–Crippen LogP) is 3.71. The Bertz CT molecular complexity index is 967. The molecule has 0 spiro atoms. The van der Waals surface area contributed by atoms with Crippen molar-refractivity contribution in [2.24, 2.45) is 0 Å². The number of aromatic carboxylic acids is 1. The molecular formula is C17H11F4N3O2. The molecule has 2 aromatic heterocycles. The van der Waals surface area contributed by atoms with Crippen molar-refractivity contribution < 1.29 is 27.5 Å². The smallest absolute Gasteiger partial charge is 0.416 e. The molecule has 0 saturated carbocycles. The minimum absolute atomic E-state index is 0.0304. The normalized spacial score (nSPS) is 11.5. The fourth-order valence-corrected chi connectivity index (χ4v) is 2.41. The minimum atomic E-state index is -4.64. The molecule has 0 fully saturated rings. The van der Waals surface area contributed by atoms with E-state index >= 15 is 0 Å². The second-order valence-corrected chi connectivity index (χ2v) is 5.52. The fraction of sp³-hybridized carbons (Fsp3) is 0.118. The summed E-state index contributed by atoms with van der Waals surface area (Å²) in [6.45, 7) is 0. The Morgan fingerprint density at radius 3 is 2.58 bits per heavy atom. The van der Waals surface area contributed by atoms with Gasteiger partial charge in [0, 0.05) is 12.4 Å². The minimum Gasteiger partial charge on any atom is -0.478 e. The Kier molecular flexibility index (Phi) is 4.45. The highest BCUT2D eigenvalue weighted by Gasteiger charge is 2.31. The van der Waals surface area contributed by atoms with Gasteiger partial charge in [0.15, 0.2) is 5.82 Å². The molecule has 0 aliphatic rings. The quantitative estimate of drug-likeness (QED) is 0.716. The van der Waals surface area contributed by atoms with Crippen molar-refractivity contribution in [2.45, 2.75) is 12.6 Å². The number of pyridine rings is 1. The zero-order valence-corrected chi connectivity index (χ0v) is 13.0. The molecule has 0 saturated heterocycles. The molecule has 1 aromatic carbocycles. The summed E-state index contributed by atoms with van der Waals surface area (Å²) in [7, 11) is 0. The van der Waals surface area contributed by atoms with Crippen LogP contribution in [0.25, 0.3) is 5.82 Å². The lowest BCUT2D eigenvalue weighted by Gasteiger charge is -2.10. The first-order chi connectivity index (χ1) is 12.2. The van der Waals surface area contributed by atoms with Crippen LogP contribution in [0.2, 0.25) is 0 Å². The number of alkyl halides is 3. The van der Waals surface area contributed by atoms with E-state index in [1.807, 2.05) is 0 Å². The van der Waals surface area contributed by atoms with Crippen LogP contribution >= 0.6 is 0 Å². The lowest BCUT2D eigenvalue weighted by Crippen LogP contribution is -2.07. The van der Waals surface area contributed by atoms with Crippen LogP contribution < -0.4 is 0 Å². The highest BCUT2D eigenvalue weighted by atomic mass is 19.4. The number of carbonyl (C=O) groups is 1. The third-order valence-corrected chi connectivity index (χ3v) is 3.57. The molecule has 0 aliphatic carbocycles. The monoisotopic (exact) mass is 365 g/mol. The van der Waals surface area contributed by atoms with Gasteiger partial charge in [-0.3, -0.25) is 0 Å². The van der Waals surface area contributed by atoms with Gasteiger partial charge in [0.2, 0.25) is 0 Å². The topological polar surface area (TPSA) is 68.0 Å². The molecule has 1 N–H and O–H groups in total. The van der Waals surface area contributed by atoms with E-state index in [1.54, 1.807) is 6.07 Å². The van der Waals surface area contributed by atoms with E-state index in [0.29, 0.717) is 17.4 Å². The van der Waals surface area contributed by atoms with Gasteiger partial charge < -0.3 is 5.11 Å². The van der Waals surface area contributed by atoms with Crippen LogP contribution in [0.1, 0.15) is 27.0 Å². The summed E-state index contributed by atoms with van der Waals surface area (Å²) in [6, 6.07) is 5.48. The molecule has 0 bridgehead atoms. The number of carboxylic acid groups (broad SMARTS) is 1. The maximum atomic E-state index is 13.5. The van der Waals surface area contributed by atoms with Gasteiger partial charge in [-0.1, -0.05) is 0 Å². The number of nitrogens with zero attached hydrogens (tertiary/aromatic N) is 3. The summed E-state index contributed by atoms with van der Waals surface area (Å²) in [5, 5.41) is 12.8. The van der Waals surface area contributed by atoms with Crippen LogP contribution in [-0.2, 0) is 12.6 Å². The average Bonchev–Trinajstić information content (AvgIpc) is 3.04. The Hall–Kier alpha value is -3.23. The summed E-state index contributed by atoms with van der Waals surface area (Å²) in [5.74, 6) is -1.82. The van der Waals surface area contributed by atoms with E-state index in [0.717, 1.165) is 18.3 Å². The van der Waals surface area contributed by atoms with Crippen LogP contribution in [0, 0.1) is 5.82 Å². The highest BCUT2D eigenvalue weighted by molar-refractivity contribution is 5.86. The van der Waals surface area contributed by atoms with Crippen molar-refractivity contribution in [3.8, 4) is 5.82 Å². The molecule has 26 heavy (non-hydrogen) atoms. The SMILES string of the molecule is O=C(O)c1cnn(-c2cc(Cc3cc(F)cc(C(F)(F)F)c3)ccn2)c1. The highest BCUT2D eigenvalue weighted by Crippen LogP contribution is 2.31. The van der Waals surface area contributed by atoms with Gasteiger partial charge >= 0.3 is 12.1 Å². The number of halogens is 4. The predicted molar refractivity (Wildman–Crippen MR) is 82.5 cm³/mol. The standard InChI is InChI=1S/C17H11F4N3O2/c18-14-5-11(4-13(7-14)17(19,20)21)3-10-1-2-22-15(6-10)24-9-12(8-23-24)16(25)26/h1-2,4-9H,3H2,(H,25,26). The Balaban J connectivity index is 1.89. The number of benzene rings is 1. The lowest BCUT2D eigenvalue weighted by atomic mass is 10.0. The molecule has 0 amide bonds. The molecule has 3 rings (SSSR count). The molecule has 2 heterocycles. The molecule has 0 radical (unpaired) electrons. The first kappa shape index (κ1) is 17.6. The molecule has 0 atom stereocenters. The van der Waals surface area contributed by atoms with Gasteiger partial charge in [-0.05, 0) is 47.9 Å². The van der Waals surface area contributed by atoms with Crippen LogP contribution in [0.4, 0.5) is 17.6 Å². The first-order valence-corrected chi connectivity index (χ1v) is 7.32. The van der Waals surface area contributed by atoms with Crippen molar-refractivity contribution in [2.75, 3.05) is 0 Å². The summed E-state index contributed by atoms with van der Waals surface area (Å²) >= 11 is 0. The van der Waals surface area contributed by atoms with E-state index in [9.17, 15) is 22.4 Å². The number of carboxylic acids is 1. The third-order valence-electron chi connectivity index (χ3n) is 3.57. The molecule has 5 nitrogen and oxygen atoms in total. The Morgan fingerprint density at radius 1 is 1.15 bits per heavy atom. The van der Waals surface area contributed by atoms with Gasteiger partial charge in [-0.15, -0.1) is 0 Å². The van der Waals surface area contributed by atoms with Gasteiger partial charge in [0.25, 0.3) is 0 Å². The second kappa shape index (κ2) is 6.58. The molecular weight excluding hydrogens is 354 g/mol. The molecule has 134 valence electrons. The maximum absolute atomic E-state index is 13.5. The van der Waals surface area contributed by atoms with E-state index in [-0.39, 0.29) is 17.5 Å². The molecule has 3 aromatic rings. The number of hydrogen-bond acceptors (Lipinski definition) is 3. The summed E-state index contributed by atoms with van der Waals surface area (Å²) in [5.41, 5.74) is -0.362. The summed E-state index contributed by atoms with van der Waals surface area (Å²) < 4.78 is 53.1. The van der Waals surface area contributed by atoms with Crippen molar-refractivity contribution in [3.63, 3.8) is 0 Å². The fourth-order valence-electron chi connectivity index (χ4n) is 2.41. The van der Waals surface area contributed by atoms with E-state index in [2.05, 4.69) is 10.1 Å². The zero-order valence-electron chi connectivity index (χ0n) is 13.0.